The monoisotopic (exact) mass is 399 g/mol. The maximum absolute atomic E-state index is 12.8. The number of aryl methyl sites for hydroxylation is 1. The zero-order valence-electron chi connectivity index (χ0n) is 15.1. The molecule has 5 rings (SSSR count). The summed E-state index contributed by atoms with van der Waals surface area (Å²) in [5.74, 6) is 0.647. The van der Waals surface area contributed by atoms with Gasteiger partial charge < -0.3 is 9.15 Å². The molecule has 1 aliphatic heterocycles. The molecule has 1 aliphatic rings. The van der Waals surface area contributed by atoms with Crippen molar-refractivity contribution in [1.82, 2.24) is 24.1 Å². The van der Waals surface area contributed by atoms with E-state index in [1.807, 2.05) is 31.2 Å². The molecule has 10 heteroatoms. The Labute approximate surface area is 160 Å². The number of ether oxygens (including phenoxy) is 1. The van der Waals surface area contributed by atoms with E-state index in [1.165, 1.54) is 10.4 Å². The van der Waals surface area contributed by atoms with Gasteiger partial charge in [0.2, 0.25) is 10.9 Å². The van der Waals surface area contributed by atoms with E-state index in [0.29, 0.717) is 43.5 Å². The fourth-order valence-corrected chi connectivity index (χ4v) is 4.71. The summed E-state index contributed by atoms with van der Waals surface area (Å²) in [6, 6.07) is 10.8. The van der Waals surface area contributed by atoms with Crippen molar-refractivity contribution in [3.8, 4) is 11.6 Å². The number of benzene rings is 1. The highest BCUT2D eigenvalue weighted by molar-refractivity contribution is 7.89. The number of rotatable bonds is 3. The Balaban J connectivity index is 1.60. The van der Waals surface area contributed by atoms with Gasteiger partial charge in [-0.3, -0.25) is 0 Å². The second-order valence-electron chi connectivity index (χ2n) is 6.53. The van der Waals surface area contributed by atoms with Gasteiger partial charge in [0.25, 0.3) is 10.0 Å². The van der Waals surface area contributed by atoms with Crippen molar-refractivity contribution >= 4 is 26.4 Å². The molecule has 0 bridgehead atoms. The van der Waals surface area contributed by atoms with E-state index in [4.69, 9.17) is 9.15 Å². The Bertz CT molecular complexity index is 1290. The lowest BCUT2D eigenvalue weighted by Gasteiger charge is -2.24. The van der Waals surface area contributed by atoms with Crippen LogP contribution in [-0.2, 0) is 14.8 Å². The fraction of sp³-hybridized carbons (Fsp3) is 0.278. The van der Waals surface area contributed by atoms with E-state index in [1.54, 1.807) is 10.6 Å². The van der Waals surface area contributed by atoms with E-state index < -0.39 is 10.0 Å². The predicted octanol–water partition coefficient (Wildman–Crippen LogP) is 1.87. The van der Waals surface area contributed by atoms with Crippen molar-refractivity contribution in [2.75, 3.05) is 26.3 Å². The van der Waals surface area contributed by atoms with Crippen LogP contribution in [0, 0.1) is 6.92 Å². The van der Waals surface area contributed by atoms with Crippen molar-refractivity contribution in [3.63, 3.8) is 0 Å². The zero-order valence-corrected chi connectivity index (χ0v) is 15.9. The number of sulfonamides is 1. The summed E-state index contributed by atoms with van der Waals surface area (Å²) in [5, 5.41) is 14.8. The molecular weight excluding hydrogens is 382 g/mol. The lowest BCUT2D eigenvalue weighted by Crippen LogP contribution is -2.40. The van der Waals surface area contributed by atoms with Gasteiger partial charge in [-0.2, -0.15) is 13.9 Å². The molecule has 0 N–H and O–H groups in total. The summed E-state index contributed by atoms with van der Waals surface area (Å²) in [6.07, 6.45) is 0. The van der Waals surface area contributed by atoms with Crippen LogP contribution in [0.15, 0.2) is 45.9 Å². The number of fused-ring (bicyclic) bond motifs is 3. The molecule has 1 saturated heterocycles. The van der Waals surface area contributed by atoms with Gasteiger partial charge in [-0.25, -0.2) is 8.42 Å². The van der Waals surface area contributed by atoms with E-state index in [0.717, 1.165) is 16.5 Å². The van der Waals surface area contributed by atoms with Crippen molar-refractivity contribution in [2.24, 2.45) is 0 Å². The minimum Gasteiger partial charge on any atom is -0.440 e. The SMILES string of the molecule is Cc1nn2c(-c3ccc(S(=O)(=O)N4CCOCC4)o3)nnc2c2ccccc12. The van der Waals surface area contributed by atoms with Gasteiger partial charge in [0.1, 0.15) is 0 Å². The molecule has 4 heterocycles. The molecule has 0 aliphatic carbocycles. The predicted molar refractivity (Wildman–Crippen MR) is 100 cm³/mol. The van der Waals surface area contributed by atoms with Crippen LogP contribution in [0.25, 0.3) is 28.0 Å². The molecule has 1 aromatic carbocycles. The number of hydrogen-bond donors (Lipinski definition) is 0. The summed E-state index contributed by atoms with van der Waals surface area (Å²) in [5.41, 5.74) is 1.40. The molecular formula is C18H17N5O4S. The van der Waals surface area contributed by atoms with Crippen molar-refractivity contribution < 1.29 is 17.6 Å². The van der Waals surface area contributed by atoms with Gasteiger partial charge in [-0.1, -0.05) is 24.3 Å². The van der Waals surface area contributed by atoms with E-state index in [9.17, 15) is 8.42 Å². The molecule has 3 aromatic heterocycles. The normalized spacial score (nSPS) is 16.2. The third-order valence-corrected chi connectivity index (χ3v) is 6.59. The zero-order chi connectivity index (χ0) is 19.3. The van der Waals surface area contributed by atoms with Gasteiger partial charge in [0.05, 0.1) is 18.9 Å². The minimum absolute atomic E-state index is 0.126. The molecule has 1 fully saturated rings. The summed E-state index contributed by atoms with van der Waals surface area (Å²) < 4.78 is 39.4. The first kappa shape index (κ1) is 17.3. The Kier molecular flexibility index (Phi) is 3.93. The highest BCUT2D eigenvalue weighted by Gasteiger charge is 2.30. The summed E-state index contributed by atoms with van der Waals surface area (Å²) in [7, 11) is -3.72. The molecule has 0 saturated carbocycles. The first-order chi connectivity index (χ1) is 13.6. The minimum atomic E-state index is -3.72. The van der Waals surface area contributed by atoms with Crippen molar-refractivity contribution in [2.45, 2.75) is 12.0 Å². The van der Waals surface area contributed by atoms with Crippen LogP contribution >= 0.6 is 0 Å². The highest BCUT2D eigenvalue weighted by Crippen LogP contribution is 2.28. The van der Waals surface area contributed by atoms with Crippen LogP contribution in [0.5, 0.6) is 0 Å². The van der Waals surface area contributed by atoms with Gasteiger partial charge >= 0.3 is 0 Å². The molecule has 0 unspecified atom stereocenters. The third-order valence-electron chi connectivity index (χ3n) is 4.81. The summed E-state index contributed by atoms with van der Waals surface area (Å²) in [4.78, 5) is 0. The molecule has 0 atom stereocenters. The maximum atomic E-state index is 12.8. The van der Waals surface area contributed by atoms with Crippen LogP contribution in [-0.4, -0.2) is 58.8 Å². The summed E-state index contributed by atoms with van der Waals surface area (Å²) in [6.45, 7) is 3.26. The van der Waals surface area contributed by atoms with Crippen LogP contribution in [0.1, 0.15) is 5.69 Å². The second-order valence-corrected chi connectivity index (χ2v) is 8.39. The van der Waals surface area contributed by atoms with E-state index >= 15 is 0 Å². The van der Waals surface area contributed by atoms with Gasteiger partial charge in [0, 0.05) is 23.9 Å². The maximum Gasteiger partial charge on any atom is 0.276 e. The molecule has 28 heavy (non-hydrogen) atoms. The number of hydrogen-bond acceptors (Lipinski definition) is 7. The van der Waals surface area contributed by atoms with Crippen LogP contribution in [0.4, 0.5) is 0 Å². The van der Waals surface area contributed by atoms with E-state index in [-0.39, 0.29) is 5.09 Å². The van der Waals surface area contributed by atoms with Crippen molar-refractivity contribution in [3.05, 3.63) is 42.1 Å². The Morgan fingerprint density at radius 2 is 1.75 bits per heavy atom. The third kappa shape index (κ3) is 2.60. The fourth-order valence-electron chi connectivity index (χ4n) is 3.39. The highest BCUT2D eigenvalue weighted by atomic mass is 32.2. The second kappa shape index (κ2) is 6.36. The molecule has 0 radical (unpaired) electrons. The van der Waals surface area contributed by atoms with Crippen LogP contribution in [0.2, 0.25) is 0 Å². The van der Waals surface area contributed by atoms with Gasteiger partial charge in [-0.05, 0) is 19.1 Å². The Morgan fingerprint density at radius 1 is 1.00 bits per heavy atom. The average Bonchev–Trinajstić information content (AvgIpc) is 3.36. The molecule has 0 spiro atoms. The standard InChI is InChI=1S/C18H17N5O4S/c1-12-13-4-2-3-5-14(13)17-19-20-18(23(17)21-12)15-6-7-16(27-15)28(24,25)22-8-10-26-11-9-22/h2-7H,8-11H2,1H3. The largest absolute Gasteiger partial charge is 0.440 e. The molecule has 9 nitrogen and oxygen atoms in total. The van der Waals surface area contributed by atoms with Crippen LogP contribution < -0.4 is 0 Å². The molecule has 144 valence electrons. The lowest BCUT2D eigenvalue weighted by molar-refractivity contribution is 0.0724. The van der Waals surface area contributed by atoms with Gasteiger partial charge in [0.15, 0.2) is 11.4 Å². The quantitative estimate of drug-likeness (QED) is 0.518. The van der Waals surface area contributed by atoms with Crippen LogP contribution in [0.3, 0.4) is 0 Å². The number of morpholine rings is 1. The smallest absolute Gasteiger partial charge is 0.276 e. The topological polar surface area (TPSA) is 103 Å². The lowest BCUT2D eigenvalue weighted by atomic mass is 10.1. The average molecular weight is 399 g/mol. The van der Waals surface area contributed by atoms with Gasteiger partial charge in [-0.15, -0.1) is 10.2 Å². The number of nitrogens with zero attached hydrogens (tertiary/aromatic N) is 5. The first-order valence-electron chi connectivity index (χ1n) is 8.84. The number of aromatic nitrogens is 4. The summed E-state index contributed by atoms with van der Waals surface area (Å²) >= 11 is 0. The Hall–Kier alpha value is -2.82. The Morgan fingerprint density at radius 3 is 2.54 bits per heavy atom. The molecule has 4 aromatic rings. The molecule has 0 amide bonds. The first-order valence-corrected chi connectivity index (χ1v) is 10.3. The number of furan rings is 1. The van der Waals surface area contributed by atoms with Crippen molar-refractivity contribution in [1.29, 1.82) is 0 Å². The van der Waals surface area contributed by atoms with E-state index in [2.05, 4.69) is 15.3 Å².